The molecule has 0 aromatic heterocycles. The van der Waals surface area contributed by atoms with Gasteiger partial charge in [-0.1, -0.05) is 154 Å². The molecule has 4 bridgehead atoms. The first kappa shape index (κ1) is 121. The van der Waals surface area contributed by atoms with E-state index in [1.165, 1.54) is 164 Å². The maximum atomic E-state index is 10.3. The number of nitro groups is 1. The Morgan fingerprint density at radius 1 is 0.418 bits per heavy atom. The third-order valence-electron chi connectivity index (χ3n) is 30.3. The Kier molecular flexibility index (Phi) is 53.2. The number of aryl methyl sites for hydroxylation is 1. The lowest BCUT2D eigenvalue weighted by Gasteiger charge is -2.56. The third kappa shape index (κ3) is 48.4. The van der Waals surface area contributed by atoms with Gasteiger partial charge in [-0.15, -0.1) is 0 Å². The number of nitro benzene ring substituents is 1. The molecule has 25 atom stereocenters. The van der Waals surface area contributed by atoms with Crippen molar-refractivity contribution in [3.8, 4) is 0 Å². The first-order valence-electron chi connectivity index (χ1n) is 56.0. The molecule has 3 aromatic rings. The molecule has 810 valence electrons. The first-order valence-corrected chi connectivity index (χ1v) is 56.0. The molecule has 141 heavy (non-hydrogen) atoms. The predicted molar refractivity (Wildman–Crippen MR) is 558 cm³/mol. The molecule has 23 fully saturated rings. The van der Waals surface area contributed by atoms with E-state index >= 15 is 0 Å². The minimum atomic E-state index is -0.402. The van der Waals surface area contributed by atoms with Crippen LogP contribution in [0.15, 0.2) is 78.9 Å². The van der Waals surface area contributed by atoms with E-state index in [0.717, 1.165) is 128 Å². The number of epoxide rings is 11. The first-order chi connectivity index (χ1) is 67.5. The van der Waals surface area contributed by atoms with Crippen LogP contribution in [-0.4, -0.2) is 245 Å². The second-order valence-corrected chi connectivity index (χ2v) is 45.3. The molecule has 0 radical (unpaired) electrons. The van der Waals surface area contributed by atoms with Gasteiger partial charge in [0.25, 0.3) is 5.69 Å². The van der Waals surface area contributed by atoms with Crippen molar-refractivity contribution in [3.05, 3.63) is 111 Å². The zero-order chi connectivity index (χ0) is 102. The minimum absolute atomic E-state index is 0.122. The zero-order valence-corrected chi connectivity index (χ0v) is 92.6. The third-order valence-corrected chi connectivity index (χ3v) is 30.3. The smallest absolute Gasteiger partial charge is 0.269 e. The van der Waals surface area contributed by atoms with Gasteiger partial charge in [0.2, 0.25) is 0 Å². The number of unbranched alkanes of at least 4 members (excludes halogenated alkanes) is 3. The van der Waals surface area contributed by atoms with Crippen LogP contribution in [0.1, 0.15) is 373 Å². The summed E-state index contributed by atoms with van der Waals surface area (Å²) in [6, 6.07) is 25.4. The molecule has 24 heteroatoms. The molecule has 1 spiro atoms. The van der Waals surface area contributed by atoms with Gasteiger partial charge in [0, 0.05) is 75.3 Å². The van der Waals surface area contributed by atoms with Crippen molar-refractivity contribution < 1.29 is 104 Å². The summed E-state index contributed by atoms with van der Waals surface area (Å²) in [7, 11) is 1.68. The lowest BCUT2D eigenvalue weighted by Crippen LogP contribution is -2.49. The number of nitrogens with zero attached hydrogens (tertiary/aromatic N) is 1. The summed E-state index contributed by atoms with van der Waals surface area (Å²) in [6.07, 6.45) is 47.5. The second kappa shape index (κ2) is 62.1. The Balaban J connectivity index is 0.000000169. The van der Waals surface area contributed by atoms with Gasteiger partial charge >= 0.3 is 0 Å². The molecule has 0 N–H and O–H groups in total. The molecule has 18 aliphatic heterocycles. The Morgan fingerprint density at radius 2 is 0.858 bits per heavy atom. The fourth-order valence-corrected chi connectivity index (χ4v) is 19.5. The highest BCUT2D eigenvalue weighted by atomic mass is 16.8. The molecular weight excluding hydrogens is 1790 g/mol. The molecular formula is C117H199NO23. The maximum absolute atomic E-state index is 10.3. The van der Waals surface area contributed by atoms with Gasteiger partial charge in [-0.05, 0) is 285 Å². The average Bonchev–Trinajstić information content (AvgIpc) is 1.55. The minimum Gasteiger partial charge on any atom is -0.382 e. The quantitative estimate of drug-likeness (QED) is 0.0415. The summed E-state index contributed by atoms with van der Waals surface area (Å²) in [6.45, 7) is 64.0. The molecule has 18 saturated heterocycles. The van der Waals surface area contributed by atoms with Crippen LogP contribution in [0.25, 0.3) is 0 Å². The van der Waals surface area contributed by atoms with Crippen LogP contribution in [0.4, 0.5) is 5.69 Å². The standard InChI is InChI=1S/C13H20O.C11H18O3.C10H12O.C9H9NO3.C9H10O.C9H18O.C8H16O3.3C6H12O.3C5H10O.3C4H8O.C3H6O/c1-8-12(14-8)13-5-9-2-10(6-13)4-11(3-9)7-13;1-8-10(13-8)9-7-12-11(14-9)5-3-2-4-6-11;1-7-3-5-9(6-4-7)10-8(2)11-10;1-6-9(13-6)7-2-4-8(5-3-7)10(11)12;1-7-9(10-7)8-5-3-2-4-6-8;1-3-4-5-6-7-9-8(2)10-9;1-7-8(11-7)3-4-10-6-5-9-2;1-6-4-2-3-5-7-6;1-3-6(2)4-7-5-6;1-3-4-6-5(2)7-6;1-5(2)3-6-4-5;1-5-3-2-4-6-5;1-3-5-4(2)6-5;1-4-2-5-3-4;1-4-2-3-5-4;1-3-4(2)5-3;1-3-2-4-3/h8-12H,2-7H2,1H3;8-10H,2-7H2,1H3;3-6,8,10H,1-2H3;2-6,9H,1H3;2-7,9H,1H3;8-9H,3-7H2,1-2H3;7-8H,3-6H2,1-2H3;6H,2-5H2,1H3;3-5H2,1-2H3;5-6H,3-4H2,1-2H3;3-4H2,1-2H3;5H,2-4H2,1H3;4-5H,3H2,1-2H3;2*4H,2-3H2,1H3;3-4H,1-2H3;3H,2H2,1H3. The van der Waals surface area contributed by atoms with Gasteiger partial charge in [0.1, 0.15) is 30.5 Å². The molecule has 24 nitrogen and oxygen atoms in total. The van der Waals surface area contributed by atoms with E-state index in [0.29, 0.717) is 164 Å². The highest BCUT2D eigenvalue weighted by Gasteiger charge is 2.61. The fraction of sp³-hybridized carbons (Fsp3) is 0.846. The van der Waals surface area contributed by atoms with Gasteiger partial charge in [-0.25, -0.2) is 0 Å². The highest BCUT2D eigenvalue weighted by molar-refractivity contribution is 5.35. The van der Waals surface area contributed by atoms with Crippen LogP contribution in [0.5, 0.6) is 0 Å². The van der Waals surface area contributed by atoms with Crippen LogP contribution < -0.4 is 0 Å². The van der Waals surface area contributed by atoms with Crippen LogP contribution in [0.3, 0.4) is 0 Å². The molecule has 18 heterocycles. The van der Waals surface area contributed by atoms with E-state index in [1.54, 1.807) is 38.5 Å². The molecule has 25 unspecified atom stereocenters. The number of non-ortho nitro benzene ring substituents is 1. The van der Waals surface area contributed by atoms with Crippen molar-refractivity contribution in [3.63, 3.8) is 0 Å². The molecule has 0 amide bonds. The number of rotatable bonds is 21. The van der Waals surface area contributed by atoms with E-state index in [9.17, 15) is 10.1 Å². The van der Waals surface area contributed by atoms with Crippen molar-refractivity contribution in [1.82, 2.24) is 0 Å². The van der Waals surface area contributed by atoms with Crippen LogP contribution in [0.2, 0.25) is 0 Å². The molecule has 23 aliphatic rings. The van der Waals surface area contributed by atoms with Gasteiger partial charge in [-0.3, -0.25) is 10.1 Å². The highest BCUT2D eigenvalue weighted by Crippen LogP contribution is 2.65. The topological polar surface area (TPSA) is 273 Å². The number of hydrogen-bond acceptors (Lipinski definition) is 23. The summed E-state index contributed by atoms with van der Waals surface area (Å²) in [5.41, 5.74) is 6.75. The van der Waals surface area contributed by atoms with Crippen molar-refractivity contribution in [2.24, 2.45) is 39.9 Å². The summed E-state index contributed by atoms with van der Waals surface area (Å²) in [5.74, 6) is 3.86. The maximum Gasteiger partial charge on any atom is 0.269 e. The van der Waals surface area contributed by atoms with Crippen molar-refractivity contribution in [2.45, 2.75) is 498 Å². The zero-order valence-electron chi connectivity index (χ0n) is 92.6. The van der Waals surface area contributed by atoms with Crippen molar-refractivity contribution >= 4 is 5.69 Å². The lowest BCUT2D eigenvalue weighted by molar-refractivity contribution is -0.384. The summed E-state index contributed by atoms with van der Waals surface area (Å²) < 4.78 is 110. The Bertz CT molecular complexity index is 3700. The SMILES string of the molecule is CC1(C)COC1.CC1CCCCO1.CC1CCCO1.CC1CCO1.CC1CO1.CC1COC1.CC1OC1C.CC1OC1C12CC3CC(CC(C3)C1)C2.CC1OC1C1COC2(CCCCC2)O1.CC1OC1c1ccc([N+](=O)[O-])cc1.CC1OC1c1ccccc1.CCC1(C)COC1.CCC1OC1C.CCCC1OC1C.CCCCCCC1OC1C.COCCOCCC1OC1C.Cc1ccc(C2OC2C)cc1. The number of methoxy groups -OCH3 is 1. The van der Waals surface area contributed by atoms with Crippen LogP contribution in [-0.2, 0) is 99.5 Å². The van der Waals surface area contributed by atoms with Crippen molar-refractivity contribution in [2.75, 3.05) is 99.6 Å². The molecule has 5 aliphatic carbocycles. The monoisotopic (exact) mass is 1990 g/mol. The average molecular weight is 1990 g/mol. The molecule has 26 rings (SSSR count). The normalized spacial score (nSPS) is 36.6. The lowest BCUT2D eigenvalue weighted by atomic mass is 9.48. The summed E-state index contributed by atoms with van der Waals surface area (Å²) >= 11 is 0. The van der Waals surface area contributed by atoms with E-state index in [-0.39, 0.29) is 29.8 Å². The van der Waals surface area contributed by atoms with E-state index in [1.807, 2.05) is 25.1 Å². The van der Waals surface area contributed by atoms with Gasteiger partial charge in [0.05, 0.1) is 193 Å². The van der Waals surface area contributed by atoms with Gasteiger partial charge in [0.15, 0.2) is 5.79 Å². The Hall–Kier alpha value is -3.78. The van der Waals surface area contributed by atoms with Crippen LogP contribution >= 0.6 is 0 Å². The van der Waals surface area contributed by atoms with E-state index in [2.05, 4.69) is 196 Å². The van der Waals surface area contributed by atoms with Crippen LogP contribution in [0, 0.1) is 57.0 Å². The largest absolute Gasteiger partial charge is 0.382 e. The molecule has 5 saturated carbocycles. The predicted octanol–water partition coefficient (Wildman–Crippen LogP) is 25.7. The van der Waals surface area contributed by atoms with Gasteiger partial charge in [-0.2, -0.15) is 0 Å². The molecule has 3 aromatic carbocycles. The second-order valence-electron chi connectivity index (χ2n) is 45.3. The Morgan fingerprint density at radius 3 is 1.15 bits per heavy atom. The number of ether oxygens (including phenoxy) is 21. The van der Waals surface area contributed by atoms with Gasteiger partial charge < -0.3 is 99.5 Å². The van der Waals surface area contributed by atoms with E-state index < -0.39 is 4.92 Å². The van der Waals surface area contributed by atoms with Crippen molar-refractivity contribution in [1.29, 1.82) is 0 Å². The number of hydrogen-bond donors (Lipinski definition) is 0. The summed E-state index contributed by atoms with van der Waals surface area (Å²) in [5, 5.41) is 10.3. The van der Waals surface area contributed by atoms with E-state index in [4.69, 9.17) is 99.5 Å². The number of benzene rings is 3. The fourth-order valence-electron chi connectivity index (χ4n) is 19.5. The Labute approximate surface area is 854 Å². The summed E-state index contributed by atoms with van der Waals surface area (Å²) in [4.78, 5) is 9.93.